The SMILES string of the molecule is COc1ccccc1N1CCN(Cc2ccc(C(=O)N/N=C\c3cccc([N+](=O)[O-])c3)cc2)CC1. The number of benzene rings is 3. The van der Waals surface area contributed by atoms with E-state index in [1.165, 1.54) is 18.3 Å². The van der Waals surface area contributed by atoms with Gasteiger partial charge >= 0.3 is 0 Å². The molecule has 1 aliphatic rings. The van der Waals surface area contributed by atoms with Crippen molar-refractivity contribution in [2.24, 2.45) is 5.10 Å². The number of methoxy groups -OCH3 is 1. The van der Waals surface area contributed by atoms with Gasteiger partial charge in [0.15, 0.2) is 0 Å². The van der Waals surface area contributed by atoms with Crippen LogP contribution in [0.3, 0.4) is 0 Å². The first-order valence-corrected chi connectivity index (χ1v) is 11.3. The number of nitrogens with one attached hydrogen (secondary N) is 1. The number of carbonyl (C=O) groups excluding carboxylic acids is 1. The highest BCUT2D eigenvalue weighted by Gasteiger charge is 2.19. The van der Waals surface area contributed by atoms with Crippen LogP contribution in [-0.4, -0.2) is 55.2 Å². The van der Waals surface area contributed by atoms with Gasteiger partial charge in [0.05, 0.1) is 23.9 Å². The molecule has 3 aromatic rings. The molecule has 1 aliphatic heterocycles. The number of carbonyl (C=O) groups is 1. The number of rotatable bonds is 8. The lowest BCUT2D eigenvalue weighted by molar-refractivity contribution is -0.384. The van der Waals surface area contributed by atoms with E-state index < -0.39 is 4.92 Å². The van der Waals surface area contributed by atoms with Gasteiger partial charge in [0.2, 0.25) is 0 Å². The van der Waals surface area contributed by atoms with Gasteiger partial charge in [-0.3, -0.25) is 19.8 Å². The highest BCUT2D eigenvalue weighted by atomic mass is 16.6. The Morgan fingerprint density at radius 3 is 2.51 bits per heavy atom. The van der Waals surface area contributed by atoms with Gasteiger partial charge in [-0.1, -0.05) is 36.4 Å². The first-order chi connectivity index (χ1) is 17.0. The van der Waals surface area contributed by atoms with Crippen LogP contribution in [0.1, 0.15) is 21.5 Å². The van der Waals surface area contributed by atoms with Crippen LogP contribution in [0.15, 0.2) is 77.9 Å². The van der Waals surface area contributed by atoms with Crippen LogP contribution in [0.5, 0.6) is 5.75 Å². The number of piperazine rings is 1. The number of hydrogen-bond donors (Lipinski definition) is 1. The molecule has 9 nitrogen and oxygen atoms in total. The Morgan fingerprint density at radius 2 is 1.80 bits per heavy atom. The molecule has 3 aromatic carbocycles. The zero-order chi connectivity index (χ0) is 24.6. The van der Waals surface area contributed by atoms with Gasteiger partial charge in [0.25, 0.3) is 11.6 Å². The van der Waals surface area contributed by atoms with Crippen molar-refractivity contribution >= 4 is 23.5 Å². The van der Waals surface area contributed by atoms with E-state index in [9.17, 15) is 14.9 Å². The summed E-state index contributed by atoms with van der Waals surface area (Å²) in [5, 5.41) is 14.8. The predicted octanol–water partition coefficient (Wildman–Crippen LogP) is 3.69. The molecule has 0 aromatic heterocycles. The minimum absolute atomic E-state index is 0.0305. The number of nitro groups is 1. The highest BCUT2D eigenvalue weighted by Crippen LogP contribution is 2.28. The lowest BCUT2D eigenvalue weighted by Gasteiger charge is -2.36. The monoisotopic (exact) mass is 473 g/mol. The first-order valence-electron chi connectivity index (χ1n) is 11.3. The van der Waals surface area contributed by atoms with Crippen molar-refractivity contribution < 1.29 is 14.5 Å². The molecule has 1 N–H and O–H groups in total. The van der Waals surface area contributed by atoms with Crippen LogP contribution >= 0.6 is 0 Å². The molecule has 1 fully saturated rings. The van der Waals surface area contributed by atoms with Crippen molar-refractivity contribution in [2.75, 3.05) is 38.2 Å². The Hall–Kier alpha value is -4.24. The third-order valence-corrected chi connectivity index (χ3v) is 5.88. The van der Waals surface area contributed by atoms with Crippen LogP contribution in [0.2, 0.25) is 0 Å². The maximum atomic E-state index is 12.4. The van der Waals surface area contributed by atoms with E-state index >= 15 is 0 Å². The Bertz CT molecular complexity index is 1200. The summed E-state index contributed by atoms with van der Waals surface area (Å²) < 4.78 is 5.49. The summed E-state index contributed by atoms with van der Waals surface area (Å²) in [5.74, 6) is 0.549. The van der Waals surface area contributed by atoms with E-state index in [0.29, 0.717) is 11.1 Å². The molecule has 1 saturated heterocycles. The van der Waals surface area contributed by atoms with E-state index in [2.05, 4.69) is 26.4 Å². The van der Waals surface area contributed by atoms with Gasteiger partial charge in [0, 0.05) is 56.0 Å². The number of nitro benzene ring substituents is 1. The molecule has 0 saturated carbocycles. The smallest absolute Gasteiger partial charge is 0.271 e. The summed E-state index contributed by atoms with van der Waals surface area (Å²) in [6.45, 7) is 4.53. The summed E-state index contributed by atoms with van der Waals surface area (Å²) in [6, 6.07) is 21.6. The molecule has 0 radical (unpaired) electrons. The fourth-order valence-electron chi connectivity index (χ4n) is 4.01. The van der Waals surface area contributed by atoms with Crippen molar-refractivity contribution in [3.05, 3.63) is 99.6 Å². The zero-order valence-corrected chi connectivity index (χ0v) is 19.5. The molecule has 4 rings (SSSR count). The number of para-hydroxylation sites is 2. The number of nitrogens with zero attached hydrogens (tertiary/aromatic N) is 4. The fraction of sp³-hybridized carbons (Fsp3) is 0.231. The average Bonchev–Trinajstić information content (AvgIpc) is 2.89. The van der Waals surface area contributed by atoms with Crippen molar-refractivity contribution in [1.29, 1.82) is 0 Å². The van der Waals surface area contributed by atoms with Crippen molar-refractivity contribution in [2.45, 2.75) is 6.54 Å². The predicted molar refractivity (Wildman–Crippen MR) is 135 cm³/mol. The Balaban J connectivity index is 1.27. The van der Waals surface area contributed by atoms with E-state index in [0.717, 1.165) is 49.7 Å². The lowest BCUT2D eigenvalue weighted by atomic mass is 10.1. The molecule has 0 aliphatic carbocycles. The number of hydrazone groups is 1. The summed E-state index contributed by atoms with van der Waals surface area (Å²) >= 11 is 0. The number of hydrogen-bond acceptors (Lipinski definition) is 7. The molecule has 180 valence electrons. The molecular weight excluding hydrogens is 446 g/mol. The van der Waals surface area contributed by atoms with Crippen LogP contribution in [0, 0.1) is 10.1 Å². The van der Waals surface area contributed by atoms with Crippen molar-refractivity contribution in [1.82, 2.24) is 10.3 Å². The standard InChI is InChI=1S/C26H27N5O4/c1-35-25-8-3-2-7-24(25)30-15-13-29(14-16-30)19-20-9-11-22(12-10-20)26(32)28-27-18-21-5-4-6-23(17-21)31(33)34/h2-12,17-18H,13-16,19H2,1H3,(H,28,32)/b27-18-. The summed E-state index contributed by atoms with van der Waals surface area (Å²) in [5.41, 5.74) is 5.71. The summed E-state index contributed by atoms with van der Waals surface area (Å²) in [7, 11) is 1.70. The van der Waals surface area contributed by atoms with E-state index in [1.54, 1.807) is 31.4 Å². The summed E-state index contributed by atoms with van der Waals surface area (Å²) in [6.07, 6.45) is 1.38. The van der Waals surface area contributed by atoms with E-state index in [4.69, 9.17) is 4.74 Å². The average molecular weight is 474 g/mol. The van der Waals surface area contributed by atoms with Crippen LogP contribution in [0.4, 0.5) is 11.4 Å². The van der Waals surface area contributed by atoms with Gasteiger partial charge in [-0.05, 0) is 29.8 Å². The minimum atomic E-state index is -0.474. The molecule has 0 bridgehead atoms. The van der Waals surface area contributed by atoms with Gasteiger partial charge < -0.3 is 9.64 Å². The maximum absolute atomic E-state index is 12.4. The van der Waals surface area contributed by atoms with Crippen molar-refractivity contribution in [3.8, 4) is 5.75 Å². The third-order valence-electron chi connectivity index (χ3n) is 5.88. The number of non-ortho nitro benzene ring substituents is 1. The number of amides is 1. The quantitative estimate of drug-likeness (QED) is 0.304. The largest absolute Gasteiger partial charge is 0.495 e. The van der Waals surface area contributed by atoms with Crippen LogP contribution in [-0.2, 0) is 6.54 Å². The third kappa shape index (κ3) is 6.21. The summed E-state index contributed by atoms with van der Waals surface area (Å²) in [4.78, 5) is 27.5. The Morgan fingerprint density at radius 1 is 1.06 bits per heavy atom. The van der Waals surface area contributed by atoms with Crippen LogP contribution in [0.25, 0.3) is 0 Å². The fourth-order valence-corrected chi connectivity index (χ4v) is 4.01. The normalized spacial score (nSPS) is 14.1. The second-order valence-corrected chi connectivity index (χ2v) is 8.18. The number of ether oxygens (including phenoxy) is 1. The molecule has 0 spiro atoms. The highest BCUT2D eigenvalue weighted by molar-refractivity contribution is 5.94. The molecule has 1 heterocycles. The van der Waals surface area contributed by atoms with Gasteiger partial charge in [-0.2, -0.15) is 5.10 Å². The van der Waals surface area contributed by atoms with Crippen LogP contribution < -0.4 is 15.1 Å². The van der Waals surface area contributed by atoms with Gasteiger partial charge in [-0.25, -0.2) is 5.43 Å². The van der Waals surface area contributed by atoms with E-state index in [1.807, 2.05) is 30.3 Å². The first kappa shape index (κ1) is 23.9. The number of anilines is 1. The second-order valence-electron chi connectivity index (χ2n) is 8.18. The van der Waals surface area contributed by atoms with Crippen molar-refractivity contribution in [3.63, 3.8) is 0 Å². The maximum Gasteiger partial charge on any atom is 0.271 e. The second kappa shape index (κ2) is 11.3. The Kier molecular flexibility index (Phi) is 7.69. The van der Waals surface area contributed by atoms with Gasteiger partial charge in [-0.15, -0.1) is 0 Å². The molecular formula is C26H27N5O4. The Labute approximate surface area is 203 Å². The molecule has 35 heavy (non-hydrogen) atoms. The zero-order valence-electron chi connectivity index (χ0n) is 19.5. The molecule has 0 atom stereocenters. The molecule has 1 amide bonds. The topological polar surface area (TPSA) is 100 Å². The van der Waals surface area contributed by atoms with Gasteiger partial charge in [0.1, 0.15) is 5.75 Å². The molecule has 0 unspecified atom stereocenters. The molecule has 9 heteroatoms. The lowest BCUT2D eigenvalue weighted by Crippen LogP contribution is -2.46. The minimum Gasteiger partial charge on any atom is -0.495 e. The van der Waals surface area contributed by atoms with E-state index in [-0.39, 0.29) is 11.6 Å².